The Hall–Kier alpha value is -1.71. The summed E-state index contributed by atoms with van der Waals surface area (Å²) in [6.45, 7) is -0.392. The Kier molecular flexibility index (Phi) is 4.45. The molecule has 0 amide bonds. The molecule has 0 aliphatic carbocycles. The molecule has 0 radical (unpaired) electrons. The van der Waals surface area contributed by atoms with Gasteiger partial charge in [0.1, 0.15) is 16.5 Å². The van der Waals surface area contributed by atoms with Crippen LogP contribution in [0.3, 0.4) is 0 Å². The lowest BCUT2D eigenvalue weighted by Gasteiger charge is -2.30. The predicted octanol–water partition coefficient (Wildman–Crippen LogP) is 0.308. The number of methoxy groups -OCH3 is 1. The molecule has 1 aliphatic heterocycles. The van der Waals surface area contributed by atoms with E-state index in [4.69, 9.17) is 14.6 Å². The van der Waals surface area contributed by atoms with Crippen molar-refractivity contribution in [2.24, 2.45) is 0 Å². The van der Waals surface area contributed by atoms with E-state index in [1.54, 1.807) is 0 Å². The molecule has 1 aromatic rings. The fraction of sp³-hybridized carbons (Fsp3) is 0.417. The van der Waals surface area contributed by atoms with Crippen LogP contribution >= 0.6 is 0 Å². The Morgan fingerprint density at radius 3 is 2.86 bits per heavy atom. The molecule has 1 heterocycles. The summed E-state index contributed by atoms with van der Waals surface area (Å²) in [5.74, 6) is -1.98. The highest BCUT2D eigenvalue weighted by Gasteiger charge is 2.35. The van der Waals surface area contributed by atoms with Crippen LogP contribution < -0.4 is 4.74 Å². The molecule has 1 fully saturated rings. The van der Waals surface area contributed by atoms with Crippen LogP contribution in [0.15, 0.2) is 23.1 Å². The number of aliphatic carboxylic acids is 1. The fourth-order valence-corrected chi connectivity index (χ4v) is 3.58. The highest BCUT2D eigenvalue weighted by molar-refractivity contribution is 7.89. The number of carboxylic acids is 1. The van der Waals surface area contributed by atoms with Gasteiger partial charge in [0.25, 0.3) is 0 Å². The quantitative estimate of drug-likeness (QED) is 0.858. The molecule has 1 aliphatic rings. The Morgan fingerprint density at radius 1 is 1.52 bits per heavy atom. The summed E-state index contributed by atoms with van der Waals surface area (Å²) in [4.78, 5) is 10.6. The van der Waals surface area contributed by atoms with Crippen molar-refractivity contribution in [2.75, 3.05) is 26.8 Å². The molecule has 9 heteroatoms. The molecule has 1 saturated heterocycles. The maximum atomic E-state index is 13.3. The van der Waals surface area contributed by atoms with Crippen molar-refractivity contribution >= 4 is 16.0 Å². The van der Waals surface area contributed by atoms with Crippen LogP contribution in [0.5, 0.6) is 5.75 Å². The molecule has 0 saturated carbocycles. The van der Waals surface area contributed by atoms with Crippen LogP contribution in [0, 0.1) is 5.82 Å². The van der Waals surface area contributed by atoms with Crippen LogP contribution in [0.25, 0.3) is 0 Å². The minimum atomic E-state index is -4.07. The van der Waals surface area contributed by atoms with E-state index in [1.165, 1.54) is 13.2 Å². The van der Waals surface area contributed by atoms with Gasteiger partial charge in [-0.25, -0.2) is 17.6 Å². The summed E-state index contributed by atoms with van der Waals surface area (Å²) in [6, 6.07) is 3.13. The molecule has 1 atom stereocenters. The Labute approximate surface area is 120 Å². The van der Waals surface area contributed by atoms with E-state index in [1.807, 2.05) is 0 Å². The number of carbonyl (C=O) groups is 1. The van der Waals surface area contributed by atoms with Crippen molar-refractivity contribution in [3.05, 3.63) is 24.0 Å². The highest BCUT2D eigenvalue weighted by atomic mass is 32.2. The second kappa shape index (κ2) is 5.96. The third-order valence-corrected chi connectivity index (χ3v) is 4.93. The van der Waals surface area contributed by atoms with E-state index >= 15 is 0 Å². The van der Waals surface area contributed by atoms with Crippen molar-refractivity contribution in [1.29, 1.82) is 0 Å². The summed E-state index contributed by atoms with van der Waals surface area (Å²) in [6.07, 6.45) is -1.24. The van der Waals surface area contributed by atoms with E-state index in [0.29, 0.717) is 0 Å². The van der Waals surface area contributed by atoms with Gasteiger partial charge in [-0.2, -0.15) is 4.31 Å². The van der Waals surface area contributed by atoms with Crippen LogP contribution in [-0.4, -0.2) is 56.7 Å². The second-order valence-electron chi connectivity index (χ2n) is 4.36. The maximum Gasteiger partial charge on any atom is 0.334 e. The van der Waals surface area contributed by atoms with E-state index in [2.05, 4.69) is 0 Å². The molecule has 2 rings (SSSR count). The zero-order valence-electron chi connectivity index (χ0n) is 11.2. The number of nitrogens with zero attached hydrogens (tertiary/aromatic N) is 1. The fourth-order valence-electron chi connectivity index (χ4n) is 1.98. The number of hydrogen-bond acceptors (Lipinski definition) is 5. The van der Waals surface area contributed by atoms with Crippen LogP contribution in [0.1, 0.15) is 0 Å². The van der Waals surface area contributed by atoms with Crippen LogP contribution in [0.4, 0.5) is 4.39 Å². The standard InChI is InChI=1S/C12H14FNO6S/c1-19-9-3-2-8(13)6-11(9)21(17,18)14-4-5-20-10(7-14)12(15)16/h2-3,6,10H,4-5,7H2,1H3,(H,15,16). The first-order valence-electron chi connectivity index (χ1n) is 6.04. The lowest BCUT2D eigenvalue weighted by Crippen LogP contribution is -2.48. The Bertz CT molecular complexity index is 647. The molecule has 7 nitrogen and oxygen atoms in total. The van der Waals surface area contributed by atoms with Gasteiger partial charge in [-0.15, -0.1) is 0 Å². The number of sulfonamides is 1. The third-order valence-electron chi connectivity index (χ3n) is 3.05. The van der Waals surface area contributed by atoms with Gasteiger partial charge >= 0.3 is 5.97 Å². The van der Waals surface area contributed by atoms with Crippen molar-refractivity contribution in [1.82, 2.24) is 4.31 Å². The highest BCUT2D eigenvalue weighted by Crippen LogP contribution is 2.28. The number of ether oxygens (including phenoxy) is 2. The lowest BCUT2D eigenvalue weighted by atomic mass is 10.3. The molecule has 1 aromatic carbocycles. The molecule has 0 spiro atoms. The van der Waals surface area contributed by atoms with Gasteiger partial charge in [0.15, 0.2) is 6.10 Å². The first kappa shape index (κ1) is 15.7. The van der Waals surface area contributed by atoms with E-state index < -0.39 is 27.9 Å². The van der Waals surface area contributed by atoms with Gasteiger partial charge in [-0.1, -0.05) is 0 Å². The smallest absolute Gasteiger partial charge is 0.334 e. The molecular weight excluding hydrogens is 305 g/mol. The Morgan fingerprint density at radius 2 is 2.24 bits per heavy atom. The number of morpholine rings is 1. The number of halogens is 1. The van der Waals surface area contributed by atoms with E-state index in [0.717, 1.165) is 16.4 Å². The normalized spacial score (nSPS) is 20.2. The average Bonchev–Trinajstić information content (AvgIpc) is 2.47. The van der Waals surface area contributed by atoms with Crippen LogP contribution in [-0.2, 0) is 19.6 Å². The summed E-state index contributed by atoms with van der Waals surface area (Å²) >= 11 is 0. The molecule has 1 N–H and O–H groups in total. The molecule has 0 bridgehead atoms. The topological polar surface area (TPSA) is 93.1 Å². The number of benzene rings is 1. The minimum Gasteiger partial charge on any atom is -0.495 e. The molecular formula is C12H14FNO6S. The minimum absolute atomic E-state index is 0.00485. The zero-order valence-corrected chi connectivity index (χ0v) is 12.0. The first-order valence-corrected chi connectivity index (χ1v) is 7.48. The third kappa shape index (κ3) is 3.14. The molecule has 1 unspecified atom stereocenters. The van der Waals surface area contributed by atoms with Crippen molar-refractivity contribution < 1.29 is 32.2 Å². The van der Waals surface area contributed by atoms with Gasteiger partial charge in [-0.05, 0) is 18.2 Å². The first-order chi connectivity index (χ1) is 9.86. The van der Waals surface area contributed by atoms with E-state index in [-0.39, 0.29) is 30.3 Å². The number of hydrogen-bond donors (Lipinski definition) is 1. The maximum absolute atomic E-state index is 13.3. The van der Waals surface area contributed by atoms with Crippen molar-refractivity contribution in [2.45, 2.75) is 11.0 Å². The monoisotopic (exact) mass is 319 g/mol. The predicted molar refractivity (Wildman–Crippen MR) is 69.1 cm³/mol. The lowest BCUT2D eigenvalue weighted by molar-refractivity contribution is -0.153. The molecule has 21 heavy (non-hydrogen) atoms. The summed E-state index contributed by atoms with van der Waals surface area (Å²) in [5.41, 5.74) is 0. The van der Waals surface area contributed by atoms with Gasteiger partial charge in [0, 0.05) is 6.54 Å². The average molecular weight is 319 g/mol. The number of carboxylic acid groups (broad SMARTS) is 1. The van der Waals surface area contributed by atoms with Crippen molar-refractivity contribution in [3.8, 4) is 5.75 Å². The number of rotatable bonds is 4. The summed E-state index contributed by atoms with van der Waals surface area (Å²) in [7, 11) is -2.80. The SMILES string of the molecule is COc1ccc(F)cc1S(=O)(=O)N1CCOC(C(=O)O)C1. The van der Waals surface area contributed by atoms with Gasteiger partial charge < -0.3 is 14.6 Å². The molecule has 116 valence electrons. The van der Waals surface area contributed by atoms with Gasteiger partial charge in [0.2, 0.25) is 10.0 Å². The summed E-state index contributed by atoms with van der Waals surface area (Å²) in [5, 5.41) is 8.91. The zero-order chi connectivity index (χ0) is 15.6. The molecule has 0 aromatic heterocycles. The van der Waals surface area contributed by atoms with Crippen LogP contribution in [0.2, 0.25) is 0 Å². The van der Waals surface area contributed by atoms with Crippen molar-refractivity contribution in [3.63, 3.8) is 0 Å². The van der Waals surface area contributed by atoms with Gasteiger partial charge in [-0.3, -0.25) is 0 Å². The summed E-state index contributed by atoms with van der Waals surface area (Å²) < 4.78 is 49.2. The Balaban J connectivity index is 2.38. The van der Waals surface area contributed by atoms with E-state index in [9.17, 15) is 17.6 Å². The second-order valence-corrected chi connectivity index (χ2v) is 6.26. The van der Waals surface area contributed by atoms with Gasteiger partial charge in [0.05, 0.1) is 20.3 Å². The largest absolute Gasteiger partial charge is 0.495 e.